The molecular formula is C27H21F10NO3. The van der Waals surface area contributed by atoms with Crippen molar-refractivity contribution < 1.29 is 58.5 Å². The molecule has 1 aliphatic heterocycles. The molecular weight excluding hydrogens is 576 g/mol. The summed E-state index contributed by atoms with van der Waals surface area (Å²) < 4.78 is 146. The highest BCUT2D eigenvalue weighted by Gasteiger charge is 2.40. The number of hydrogen-bond acceptors (Lipinski definition) is 4. The highest BCUT2D eigenvalue weighted by atomic mass is 19.4. The molecule has 222 valence electrons. The Morgan fingerprint density at radius 1 is 0.829 bits per heavy atom. The molecule has 0 amide bonds. The smallest absolute Gasteiger partial charge is 0.416 e. The van der Waals surface area contributed by atoms with E-state index in [4.69, 9.17) is 9.47 Å². The third kappa shape index (κ3) is 6.38. The van der Waals surface area contributed by atoms with E-state index in [9.17, 15) is 49.0 Å². The molecule has 1 N–H and O–H groups in total. The maximum Gasteiger partial charge on any atom is 0.416 e. The van der Waals surface area contributed by atoms with Crippen LogP contribution in [0.5, 0.6) is 11.5 Å². The van der Waals surface area contributed by atoms with Crippen molar-refractivity contribution in [2.75, 3.05) is 13.8 Å². The van der Waals surface area contributed by atoms with Gasteiger partial charge >= 0.3 is 18.5 Å². The number of ether oxygens (including phenoxy) is 2. The van der Waals surface area contributed by atoms with E-state index in [0.717, 1.165) is 30.3 Å². The van der Waals surface area contributed by atoms with Crippen LogP contribution in [-0.4, -0.2) is 29.9 Å². The first-order valence-electron chi connectivity index (χ1n) is 11.8. The average molecular weight is 597 g/mol. The molecule has 1 heterocycles. The maximum atomic E-state index is 13.9. The van der Waals surface area contributed by atoms with Crippen molar-refractivity contribution in [2.24, 2.45) is 0 Å². The van der Waals surface area contributed by atoms with Crippen LogP contribution in [0.2, 0.25) is 0 Å². The van der Waals surface area contributed by atoms with Gasteiger partial charge in [0.1, 0.15) is 12.5 Å². The maximum absolute atomic E-state index is 13.9. The molecule has 2 atom stereocenters. The fraction of sp³-hybridized carbons (Fsp3) is 0.333. The Labute approximate surface area is 226 Å². The molecule has 4 nitrogen and oxygen atoms in total. The van der Waals surface area contributed by atoms with Gasteiger partial charge in [0, 0.05) is 24.2 Å². The van der Waals surface area contributed by atoms with Crippen molar-refractivity contribution in [3.63, 3.8) is 0 Å². The minimum Gasteiger partial charge on any atom is -0.505 e. The number of alkyl halides is 9. The molecule has 3 aromatic rings. The monoisotopic (exact) mass is 597 g/mol. The van der Waals surface area contributed by atoms with Gasteiger partial charge < -0.3 is 14.6 Å². The summed E-state index contributed by atoms with van der Waals surface area (Å²) in [6.45, 7) is 0.803. The summed E-state index contributed by atoms with van der Waals surface area (Å²) in [7, 11) is 1.18. The number of phenolic OH excluding ortho intramolecular Hbond substituents is 1. The highest BCUT2D eigenvalue weighted by molar-refractivity contribution is 5.75. The number of benzene rings is 3. The van der Waals surface area contributed by atoms with E-state index in [1.54, 1.807) is 0 Å². The fourth-order valence-electron chi connectivity index (χ4n) is 4.64. The van der Waals surface area contributed by atoms with Gasteiger partial charge in [-0.15, -0.1) is 0 Å². The molecule has 4 rings (SSSR count). The topological polar surface area (TPSA) is 41.9 Å². The number of hydrogen-bond donors (Lipinski definition) is 1. The molecule has 0 spiro atoms. The SMILES string of the molecule is COc1cc(F)c(O)cc1-c1ccc(C(F)(F)F)cc1CN1CO[C@H](c2cc(C(F)(F)F)cc(C(F)(F)F)c2)[C@@H]1C. The number of rotatable bonds is 5. The quantitative estimate of drug-likeness (QED) is 0.301. The third-order valence-corrected chi connectivity index (χ3v) is 6.74. The zero-order chi connectivity index (χ0) is 30.5. The predicted molar refractivity (Wildman–Crippen MR) is 125 cm³/mol. The van der Waals surface area contributed by atoms with Crippen LogP contribution < -0.4 is 4.74 Å². The minimum atomic E-state index is -5.08. The molecule has 3 aromatic carbocycles. The van der Waals surface area contributed by atoms with E-state index < -0.39 is 64.5 Å². The average Bonchev–Trinajstić information content (AvgIpc) is 3.23. The number of nitrogens with zero attached hydrogens (tertiary/aromatic N) is 1. The summed E-state index contributed by atoms with van der Waals surface area (Å²) in [5.41, 5.74) is -4.35. The number of methoxy groups -OCH3 is 1. The first kappa shape index (κ1) is 30.4. The van der Waals surface area contributed by atoms with Crippen LogP contribution in [0.1, 0.15) is 40.8 Å². The van der Waals surface area contributed by atoms with Crippen LogP contribution in [0.4, 0.5) is 43.9 Å². The highest BCUT2D eigenvalue weighted by Crippen LogP contribution is 2.43. The van der Waals surface area contributed by atoms with Gasteiger partial charge in [-0.05, 0) is 60.0 Å². The van der Waals surface area contributed by atoms with Crippen LogP contribution in [0.15, 0.2) is 48.5 Å². The van der Waals surface area contributed by atoms with Crippen LogP contribution >= 0.6 is 0 Å². The van der Waals surface area contributed by atoms with Gasteiger partial charge in [0.05, 0.1) is 29.9 Å². The number of phenols is 1. The lowest BCUT2D eigenvalue weighted by Crippen LogP contribution is -2.29. The van der Waals surface area contributed by atoms with Crippen molar-refractivity contribution in [2.45, 2.75) is 44.1 Å². The zero-order valence-corrected chi connectivity index (χ0v) is 21.2. The summed E-state index contributed by atoms with van der Waals surface area (Å²) in [6.07, 6.45) is -16.2. The third-order valence-electron chi connectivity index (χ3n) is 6.74. The Hall–Kier alpha value is -3.52. The van der Waals surface area contributed by atoms with Crippen LogP contribution in [0.3, 0.4) is 0 Å². The van der Waals surface area contributed by atoms with Crippen molar-refractivity contribution >= 4 is 0 Å². The lowest BCUT2D eigenvalue weighted by Gasteiger charge is -2.25. The molecule has 0 aromatic heterocycles. The second-order valence-electron chi connectivity index (χ2n) is 9.42. The lowest BCUT2D eigenvalue weighted by atomic mass is 9.94. The van der Waals surface area contributed by atoms with Gasteiger partial charge in [0.2, 0.25) is 0 Å². The Balaban J connectivity index is 1.74. The van der Waals surface area contributed by atoms with E-state index >= 15 is 0 Å². The van der Waals surface area contributed by atoms with Gasteiger partial charge in [-0.2, -0.15) is 39.5 Å². The van der Waals surface area contributed by atoms with Crippen LogP contribution in [0, 0.1) is 5.82 Å². The van der Waals surface area contributed by atoms with Crippen LogP contribution in [-0.2, 0) is 29.8 Å². The molecule has 41 heavy (non-hydrogen) atoms. The van der Waals surface area contributed by atoms with E-state index in [0.29, 0.717) is 12.1 Å². The van der Waals surface area contributed by atoms with E-state index in [-0.39, 0.29) is 41.8 Å². The summed E-state index contributed by atoms with van der Waals surface area (Å²) in [5, 5.41) is 9.90. The van der Waals surface area contributed by atoms with Crippen molar-refractivity contribution in [1.82, 2.24) is 4.90 Å². The molecule has 0 saturated carbocycles. The first-order chi connectivity index (χ1) is 18.9. The lowest BCUT2D eigenvalue weighted by molar-refractivity contribution is -0.143. The summed E-state index contributed by atoms with van der Waals surface area (Å²) in [6, 6.07) is 4.67. The number of aromatic hydroxyl groups is 1. The van der Waals surface area contributed by atoms with Crippen molar-refractivity contribution in [1.29, 1.82) is 0 Å². The van der Waals surface area contributed by atoms with E-state index in [1.807, 2.05) is 0 Å². The molecule has 0 unspecified atom stereocenters. The Morgan fingerprint density at radius 2 is 1.41 bits per heavy atom. The summed E-state index contributed by atoms with van der Waals surface area (Å²) in [5.74, 6) is -1.94. The largest absolute Gasteiger partial charge is 0.505 e. The van der Waals surface area contributed by atoms with Crippen molar-refractivity contribution in [3.8, 4) is 22.6 Å². The van der Waals surface area contributed by atoms with Gasteiger partial charge in [-0.3, -0.25) is 4.90 Å². The van der Waals surface area contributed by atoms with E-state index in [2.05, 4.69) is 0 Å². The molecule has 0 aliphatic carbocycles. The Kier molecular flexibility index (Phi) is 7.95. The van der Waals surface area contributed by atoms with Gasteiger partial charge in [-0.25, -0.2) is 4.39 Å². The zero-order valence-electron chi connectivity index (χ0n) is 21.2. The van der Waals surface area contributed by atoms with Gasteiger partial charge in [0.15, 0.2) is 11.6 Å². The molecule has 0 radical (unpaired) electrons. The van der Waals surface area contributed by atoms with Gasteiger partial charge in [0.25, 0.3) is 0 Å². The van der Waals surface area contributed by atoms with Crippen molar-refractivity contribution in [3.05, 3.63) is 82.2 Å². The van der Waals surface area contributed by atoms with Gasteiger partial charge in [-0.1, -0.05) is 6.07 Å². The minimum absolute atomic E-state index is 0.000237. The van der Waals surface area contributed by atoms with E-state index in [1.165, 1.54) is 18.9 Å². The molecule has 1 saturated heterocycles. The second-order valence-corrected chi connectivity index (χ2v) is 9.42. The normalized spacial score (nSPS) is 18.6. The second kappa shape index (κ2) is 10.7. The predicted octanol–water partition coefficient (Wildman–Crippen LogP) is 8.18. The summed E-state index contributed by atoms with van der Waals surface area (Å²) in [4.78, 5) is 1.42. The fourth-order valence-corrected chi connectivity index (χ4v) is 4.64. The summed E-state index contributed by atoms with van der Waals surface area (Å²) >= 11 is 0. The Morgan fingerprint density at radius 3 is 1.95 bits per heavy atom. The standard InChI is InChI=1S/C27H21F10NO3/c1-13-24(14-5-17(26(32,33)34)8-18(6-14)27(35,36)37)41-12-38(13)11-15-7-16(25(29,30)31)3-4-19(15)20-9-22(39)21(28)10-23(20)40-2/h3-10,13,24,39H,11-12H2,1-2H3/t13-,24-/m0/s1. The molecule has 1 aliphatic rings. The molecule has 14 heteroatoms. The first-order valence-corrected chi connectivity index (χ1v) is 11.8. The molecule has 1 fully saturated rings. The Bertz CT molecular complexity index is 1400. The number of halogens is 10. The molecule has 0 bridgehead atoms. The van der Waals surface area contributed by atoms with Crippen LogP contribution in [0.25, 0.3) is 11.1 Å².